The Balaban J connectivity index is 1.61. The highest BCUT2D eigenvalue weighted by molar-refractivity contribution is 5.95. The number of anilines is 3. The van der Waals surface area contributed by atoms with Crippen LogP contribution in [0.3, 0.4) is 0 Å². The van der Waals surface area contributed by atoms with Gasteiger partial charge in [-0.25, -0.2) is 9.37 Å². The van der Waals surface area contributed by atoms with E-state index >= 15 is 0 Å². The zero-order valence-electron chi connectivity index (χ0n) is 14.7. The van der Waals surface area contributed by atoms with Gasteiger partial charge in [0.15, 0.2) is 5.78 Å². The van der Waals surface area contributed by atoms with Gasteiger partial charge < -0.3 is 10.6 Å². The van der Waals surface area contributed by atoms with Crippen LogP contribution in [0.4, 0.5) is 21.6 Å². The van der Waals surface area contributed by atoms with Gasteiger partial charge in [0.25, 0.3) is 0 Å². The van der Waals surface area contributed by atoms with Crippen LogP contribution in [0.1, 0.15) is 22.8 Å². The van der Waals surface area contributed by atoms with Crippen LogP contribution >= 0.6 is 0 Å². The molecule has 0 atom stereocenters. The van der Waals surface area contributed by atoms with Gasteiger partial charge in [-0.1, -0.05) is 24.3 Å². The maximum atomic E-state index is 13.2. The van der Waals surface area contributed by atoms with Gasteiger partial charge in [0.1, 0.15) is 11.6 Å². The first kappa shape index (κ1) is 18.3. The number of halogens is 1. The Hall–Kier alpha value is -3.54. The molecule has 136 valence electrons. The average molecular weight is 363 g/mol. The number of rotatable bonds is 6. The molecule has 6 heteroatoms. The lowest BCUT2D eigenvalue weighted by atomic mass is 10.1. The average Bonchev–Trinajstić information content (AvgIpc) is 2.63. The van der Waals surface area contributed by atoms with Crippen LogP contribution in [0.25, 0.3) is 0 Å². The molecule has 3 rings (SSSR count). The maximum absolute atomic E-state index is 13.2. The number of amides is 1. The van der Waals surface area contributed by atoms with Crippen LogP contribution in [-0.4, -0.2) is 16.7 Å². The molecule has 2 N–H and O–H groups in total. The molecule has 1 aromatic heterocycles. The van der Waals surface area contributed by atoms with E-state index in [2.05, 4.69) is 15.6 Å². The second kappa shape index (κ2) is 8.23. The van der Waals surface area contributed by atoms with Gasteiger partial charge in [-0.2, -0.15) is 0 Å². The number of carbonyl (C=O) groups excluding carboxylic acids is 2. The second-order valence-corrected chi connectivity index (χ2v) is 6.05. The number of hydrogen-bond acceptors (Lipinski definition) is 4. The van der Waals surface area contributed by atoms with Crippen LogP contribution in [0.2, 0.25) is 0 Å². The summed E-state index contributed by atoms with van der Waals surface area (Å²) in [6.45, 7) is 1.52. The molecule has 0 aliphatic rings. The third-order valence-corrected chi connectivity index (χ3v) is 3.84. The summed E-state index contributed by atoms with van der Waals surface area (Å²) in [5.74, 6) is -0.252. The summed E-state index contributed by atoms with van der Waals surface area (Å²) in [6.07, 6.45) is 1.65. The number of carbonyl (C=O) groups is 2. The molecule has 27 heavy (non-hydrogen) atoms. The summed E-state index contributed by atoms with van der Waals surface area (Å²) in [5, 5.41) is 5.84. The number of Topliss-reactive ketones (excluding diaryl/α,β-unsaturated/α-hetero) is 1. The summed E-state index contributed by atoms with van der Waals surface area (Å²) in [5.41, 5.74) is 2.71. The quantitative estimate of drug-likeness (QED) is 0.639. The largest absolute Gasteiger partial charge is 0.354 e. The van der Waals surface area contributed by atoms with Crippen molar-refractivity contribution < 1.29 is 14.0 Å². The maximum Gasteiger partial charge on any atom is 0.229 e. The third kappa shape index (κ3) is 5.22. The highest BCUT2D eigenvalue weighted by Crippen LogP contribution is 2.18. The first-order valence-corrected chi connectivity index (χ1v) is 8.38. The molecule has 0 bridgehead atoms. The van der Waals surface area contributed by atoms with Gasteiger partial charge in [0.05, 0.1) is 18.3 Å². The Labute approximate surface area is 156 Å². The minimum absolute atomic E-state index is 0.00636. The van der Waals surface area contributed by atoms with Crippen molar-refractivity contribution in [2.24, 2.45) is 0 Å². The highest BCUT2D eigenvalue weighted by Gasteiger charge is 2.06. The summed E-state index contributed by atoms with van der Waals surface area (Å²) in [6, 6.07) is 16.5. The summed E-state index contributed by atoms with van der Waals surface area (Å²) >= 11 is 0. The number of aromatic nitrogens is 1. The molecule has 0 saturated carbocycles. The van der Waals surface area contributed by atoms with E-state index in [1.54, 1.807) is 48.7 Å². The van der Waals surface area contributed by atoms with E-state index in [1.807, 2.05) is 6.07 Å². The van der Waals surface area contributed by atoms with Crippen molar-refractivity contribution in [1.82, 2.24) is 4.98 Å². The van der Waals surface area contributed by atoms with Crippen molar-refractivity contribution >= 4 is 28.9 Å². The van der Waals surface area contributed by atoms with Crippen molar-refractivity contribution in [1.29, 1.82) is 0 Å². The lowest BCUT2D eigenvalue weighted by molar-refractivity contribution is -0.115. The van der Waals surface area contributed by atoms with Gasteiger partial charge in [-0.3, -0.25) is 9.59 Å². The predicted molar refractivity (Wildman–Crippen MR) is 103 cm³/mol. The number of hydrogen-bond donors (Lipinski definition) is 2. The molecule has 1 heterocycles. The fraction of sp³-hybridized carbons (Fsp3) is 0.0952. The molecular formula is C21H18FN3O2. The molecule has 0 unspecified atom stereocenters. The molecule has 0 radical (unpaired) electrons. The topological polar surface area (TPSA) is 71.1 Å². The molecule has 1 amide bonds. The van der Waals surface area contributed by atoms with Gasteiger partial charge in [-0.05, 0) is 48.9 Å². The molecule has 2 aromatic carbocycles. The molecule has 0 spiro atoms. The van der Waals surface area contributed by atoms with Gasteiger partial charge in [0.2, 0.25) is 5.91 Å². The fourth-order valence-electron chi connectivity index (χ4n) is 2.54. The lowest BCUT2D eigenvalue weighted by Gasteiger charge is -2.09. The van der Waals surface area contributed by atoms with Crippen molar-refractivity contribution in [3.8, 4) is 0 Å². The van der Waals surface area contributed by atoms with E-state index in [-0.39, 0.29) is 23.9 Å². The van der Waals surface area contributed by atoms with Crippen molar-refractivity contribution in [2.45, 2.75) is 13.3 Å². The van der Waals surface area contributed by atoms with Crippen molar-refractivity contribution in [2.75, 3.05) is 10.6 Å². The van der Waals surface area contributed by atoms with Crippen molar-refractivity contribution in [3.63, 3.8) is 0 Å². The number of benzene rings is 2. The molecule has 0 aliphatic heterocycles. The fourth-order valence-corrected chi connectivity index (χ4v) is 2.54. The van der Waals surface area contributed by atoms with Crippen LogP contribution in [0, 0.1) is 5.82 Å². The summed E-state index contributed by atoms with van der Waals surface area (Å²) in [4.78, 5) is 27.7. The van der Waals surface area contributed by atoms with E-state index in [0.717, 1.165) is 11.4 Å². The summed E-state index contributed by atoms with van der Waals surface area (Å²) < 4.78 is 13.2. The monoisotopic (exact) mass is 363 g/mol. The Kier molecular flexibility index (Phi) is 5.56. The molecular weight excluding hydrogens is 345 g/mol. The molecule has 0 aliphatic carbocycles. The molecule has 0 saturated heterocycles. The first-order chi connectivity index (χ1) is 13.0. The van der Waals surface area contributed by atoms with E-state index in [9.17, 15) is 14.0 Å². The Morgan fingerprint density at radius 3 is 2.52 bits per heavy atom. The van der Waals surface area contributed by atoms with Gasteiger partial charge in [0, 0.05) is 11.3 Å². The first-order valence-electron chi connectivity index (χ1n) is 8.38. The van der Waals surface area contributed by atoms with Crippen molar-refractivity contribution in [3.05, 3.63) is 83.8 Å². The van der Waals surface area contributed by atoms with E-state index in [1.165, 1.54) is 19.1 Å². The summed E-state index contributed by atoms with van der Waals surface area (Å²) in [7, 11) is 0. The minimum Gasteiger partial charge on any atom is -0.354 e. The van der Waals surface area contributed by atoms with Crippen LogP contribution in [0.15, 0.2) is 66.9 Å². The Morgan fingerprint density at radius 1 is 1.00 bits per heavy atom. The van der Waals surface area contributed by atoms with Gasteiger partial charge >= 0.3 is 0 Å². The van der Waals surface area contributed by atoms with Crippen LogP contribution in [0.5, 0.6) is 0 Å². The molecule has 5 nitrogen and oxygen atoms in total. The van der Waals surface area contributed by atoms with Crippen LogP contribution in [-0.2, 0) is 11.2 Å². The van der Waals surface area contributed by atoms with Crippen LogP contribution < -0.4 is 10.6 Å². The zero-order valence-corrected chi connectivity index (χ0v) is 14.7. The molecule has 0 fully saturated rings. The SMILES string of the molecule is CC(=O)c1cccc(Nc2ccc(NC(=O)Cc3cccc(F)c3)nc2)c1. The Bertz CT molecular complexity index is 971. The standard InChI is InChI=1S/C21H18FN3O2/c1-14(26)16-5-3-7-18(12-16)24-19-8-9-20(23-13-19)25-21(27)11-15-4-2-6-17(22)10-15/h2-10,12-13,24H,11H2,1H3,(H,23,25,27). The smallest absolute Gasteiger partial charge is 0.229 e. The number of nitrogens with zero attached hydrogens (tertiary/aromatic N) is 1. The second-order valence-electron chi connectivity index (χ2n) is 6.05. The van der Waals surface area contributed by atoms with E-state index in [0.29, 0.717) is 16.9 Å². The third-order valence-electron chi connectivity index (χ3n) is 3.84. The number of ketones is 1. The van der Waals surface area contributed by atoms with E-state index < -0.39 is 0 Å². The predicted octanol–water partition coefficient (Wildman–Crippen LogP) is 4.35. The normalized spacial score (nSPS) is 10.3. The Morgan fingerprint density at radius 2 is 1.81 bits per heavy atom. The van der Waals surface area contributed by atoms with Gasteiger partial charge in [-0.15, -0.1) is 0 Å². The minimum atomic E-state index is -0.373. The van der Waals surface area contributed by atoms with E-state index in [4.69, 9.17) is 0 Å². The zero-order chi connectivity index (χ0) is 19.2. The molecule has 3 aromatic rings. The highest BCUT2D eigenvalue weighted by atomic mass is 19.1. The number of pyridine rings is 1. The lowest BCUT2D eigenvalue weighted by Crippen LogP contribution is -2.15. The number of nitrogens with one attached hydrogen (secondary N) is 2.